The van der Waals surface area contributed by atoms with Crippen LogP contribution in [0.5, 0.6) is 0 Å². The van der Waals surface area contributed by atoms with Gasteiger partial charge < -0.3 is 20.1 Å². The molecule has 0 radical (unpaired) electrons. The zero-order chi connectivity index (χ0) is 19.9. The van der Waals surface area contributed by atoms with Gasteiger partial charge in [-0.05, 0) is 51.0 Å². The van der Waals surface area contributed by atoms with Crippen molar-refractivity contribution in [2.24, 2.45) is 4.99 Å². The van der Waals surface area contributed by atoms with Crippen LogP contribution < -0.4 is 10.6 Å². The number of aromatic nitrogens is 2. The maximum Gasteiger partial charge on any atom is 0.228 e. The second kappa shape index (κ2) is 11.7. The minimum absolute atomic E-state index is 0. The van der Waals surface area contributed by atoms with Gasteiger partial charge in [0.2, 0.25) is 11.7 Å². The fourth-order valence-electron chi connectivity index (χ4n) is 3.31. The van der Waals surface area contributed by atoms with Crippen molar-refractivity contribution in [1.29, 1.82) is 0 Å². The van der Waals surface area contributed by atoms with Crippen LogP contribution in [0.25, 0.3) is 11.4 Å². The minimum atomic E-state index is 0. The Balaban J connectivity index is 0.00000300. The first-order chi connectivity index (χ1) is 13.5. The van der Waals surface area contributed by atoms with Gasteiger partial charge in [0.05, 0.1) is 0 Å². The summed E-state index contributed by atoms with van der Waals surface area (Å²) in [6.45, 7) is 7.44. The molecule has 1 aromatic carbocycles. The van der Waals surface area contributed by atoms with Gasteiger partial charge in [0.15, 0.2) is 5.96 Å². The summed E-state index contributed by atoms with van der Waals surface area (Å²) in [6, 6.07) is 8.47. The average molecular weight is 533 g/mol. The highest BCUT2D eigenvalue weighted by Crippen LogP contribution is 2.18. The van der Waals surface area contributed by atoms with Crippen molar-refractivity contribution >= 4 is 41.5 Å². The fourth-order valence-corrected chi connectivity index (χ4v) is 3.43. The highest BCUT2D eigenvalue weighted by atomic mass is 127. The van der Waals surface area contributed by atoms with Crippen molar-refractivity contribution in [3.63, 3.8) is 0 Å². The SMILES string of the molecule is CN=C(NCCc1nc(-c2ccc(Cl)cc2)no1)NC1CCN(C(C)C)CC1.I. The van der Waals surface area contributed by atoms with Crippen LogP contribution in [0.4, 0.5) is 0 Å². The van der Waals surface area contributed by atoms with Crippen molar-refractivity contribution < 1.29 is 4.52 Å². The van der Waals surface area contributed by atoms with E-state index in [0.717, 1.165) is 37.5 Å². The number of nitrogens with one attached hydrogen (secondary N) is 2. The van der Waals surface area contributed by atoms with Gasteiger partial charge in [0, 0.05) is 55.8 Å². The molecule has 3 rings (SSSR count). The number of hydrogen-bond donors (Lipinski definition) is 2. The van der Waals surface area contributed by atoms with Crippen molar-refractivity contribution in [3.8, 4) is 11.4 Å². The Morgan fingerprint density at radius 3 is 2.59 bits per heavy atom. The van der Waals surface area contributed by atoms with E-state index in [1.807, 2.05) is 24.3 Å². The molecule has 0 spiro atoms. The Labute approximate surface area is 194 Å². The number of halogens is 2. The summed E-state index contributed by atoms with van der Waals surface area (Å²) in [6.07, 6.45) is 2.90. The molecule has 2 N–H and O–H groups in total. The van der Waals surface area contributed by atoms with Gasteiger partial charge in [0.1, 0.15) is 0 Å². The standard InChI is InChI=1S/C20H29ClN6O.HI/c1-14(2)27-12-9-17(10-13-27)24-20(22-3)23-11-8-18-25-19(26-28-18)15-4-6-16(21)7-5-15;/h4-7,14,17H,8-13H2,1-3H3,(H2,22,23,24);1H. The number of nitrogens with zero attached hydrogens (tertiary/aromatic N) is 4. The van der Waals surface area contributed by atoms with Crippen molar-refractivity contribution in [2.45, 2.75) is 45.2 Å². The maximum atomic E-state index is 5.91. The molecule has 0 bridgehead atoms. The average Bonchev–Trinajstić information content (AvgIpc) is 3.17. The van der Waals surface area contributed by atoms with Crippen LogP contribution in [0.2, 0.25) is 5.02 Å². The van der Waals surface area contributed by atoms with Crippen LogP contribution in [-0.2, 0) is 6.42 Å². The number of guanidine groups is 1. The van der Waals surface area contributed by atoms with Crippen LogP contribution in [0.1, 0.15) is 32.6 Å². The maximum absolute atomic E-state index is 5.91. The Hall–Kier alpha value is -1.39. The van der Waals surface area contributed by atoms with E-state index in [0.29, 0.717) is 41.8 Å². The lowest BCUT2D eigenvalue weighted by atomic mass is 10.0. The van der Waals surface area contributed by atoms with Gasteiger partial charge in [-0.2, -0.15) is 4.98 Å². The summed E-state index contributed by atoms with van der Waals surface area (Å²) in [5.74, 6) is 1.99. The van der Waals surface area contributed by atoms with Crippen LogP contribution >= 0.6 is 35.6 Å². The molecule has 0 saturated carbocycles. The molecular formula is C20H30ClIN6O. The predicted molar refractivity (Wildman–Crippen MR) is 128 cm³/mol. The molecule has 0 unspecified atom stereocenters. The highest BCUT2D eigenvalue weighted by molar-refractivity contribution is 14.0. The first-order valence-electron chi connectivity index (χ1n) is 9.85. The van der Waals surface area contributed by atoms with Gasteiger partial charge in [0.25, 0.3) is 0 Å². The van der Waals surface area contributed by atoms with Crippen molar-refractivity contribution in [1.82, 2.24) is 25.7 Å². The van der Waals surface area contributed by atoms with E-state index in [1.165, 1.54) is 0 Å². The molecule has 0 aliphatic carbocycles. The lowest BCUT2D eigenvalue weighted by molar-refractivity contribution is 0.167. The van der Waals surface area contributed by atoms with Gasteiger partial charge >= 0.3 is 0 Å². The number of piperidine rings is 1. The van der Waals surface area contributed by atoms with Crippen molar-refractivity contribution in [3.05, 3.63) is 35.2 Å². The summed E-state index contributed by atoms with van der Waals surface area (Å²) < 4.78 is 5.35. The van der Waals surface area contributed by atoms with E-state index in [-0.39, 0.29) is 24.0 Å². The van der Waals surface area contributed by atoms with Crippen LogP contribution in [0.15, 0.2) is 33.8 Å². The third-order valence-electron chi connectivity index (χ3n) is 5.03. The van der Waals surface area contributed by atoms with E-state index in [9.17, 15) is 0 Å². The fraction of sp³-hybridized carbons (Fsp3) is 0.550. The molecule has 9 heteroatoms. The second-order valence-electron chi connectivity index (χ2n) is 7.32. The summed E-state index contributed by atoms with van der Waals surface area (Å²) in [5.41, 5.74) is 0.887. The van der Waals surface area contributed by atoms with E-state index >= 15 is 0 Å². The van der Waals surface area contributed by atoms with E-state index < -0.39 is 0 Å². The molecule has 2 heterocycles. The van der Waals surface area contributed by atoms with Crippen molar-refractivity contribution in [2.75, 3.05) is 26.7 Å². The molecule has 0 amide bonds. The van der Waals surface area contributed by atoms with Crippen LogP contribution in [-0.4, -0.2) is 59.8 Å². The second-order valence-corrected chi connectivity index (χ2v) is 7.75. The normalized spacial score (nSPS) is 16.0. The summed E-state index contributed by atoms with van der Waals surface area (Å²) in [4.78, 5) is 11.3. The van der Waals surface area contributed by atoms with Crippen LogP contribution in [0.3, 0.4) is 0 Å². The van der Waals surface area contributed by atoms with Gasteiger partial charge in [-0.3, -0.25) is 4.99 Å². The zero-order valence-corrected chi connectivity index (χ0v) is 20.3. The largest absolute Gasteiger partial charge is 0.356 e. The molecule has 160 valence electrons. The Morgan fingerprint density at radius 2 is 1.97 bits per heavy atom. The molecule has 29 heavy (non-hydrogen) atoms. The smallest absolute Gasteiger partial charge is 0.228 e. The molecular weight excluding hydrogens is 503 g/mol. The number of aliphatic imine (C=N–C) groups is 1. The lowest BCUT2D eigenvalue weighted by Crippen LogP contribution is -2.50. The minimum Gasteiger partial charge on any atom is -0.356 e. The molecule has 7 nitrogen and oxygen atoms in total. The Bertz CT molecular complexity index is 772. The highest BCUT2D eigenvalue weighted by Gasteiger charge is 2.21. The Morgan fingerprint density at radius 1 is 1.28 bits per heavy atom. The Kier molecular flexibility index (Phi) is 9.64. The third-order valence-corrected chi connectivity index (χ3v) is 5.28. The van der Waals surface area contributed by atoms with E-state index in [2.05, 4.69) is 44.5 Å². The number of benzene rings is 1. The summed E-state index contributed by atoms with van der Waals surface area (Å²) in [5, 5.41) is 11.6. The lowest BCUT2D eigenvalue weighted by Gasteiger charge is -2.35. The predicted octanol–water partition coefficient (Wildman–Crippen LogP) is 3.59. The first kappa shape index (κ1) is 23.9. The molecule has 1 aliphatic rings. The molecule has 1 fully saturated rings. The van der Waals surface area contributed by atoms with E-state index in [4.69, 9.17) is 16.1 Å². The van der Waals surface area contributed by atoms with Crippen LogP contribution in [0, 0.1) is 0 Å². The summed E-state index contributed by atoms with van der Waals surface area (Å²) in [7, 11) is 1.80. The summed E-state index contributed by atoms with van der Waals surface area (Å²) >= 11 is 5.91. The third kappa shape index (κ3) is 7.11. The molecule has 2 aromatic rings. The topological polar surface area (TPSA) is 78.6 Å². The zero-order valence-electron chi connectivity index (χ0n) is 17.2. The van der Waals surface area contributed by atoms with Gasteiger partial charge in [-0.1, -0.05) is 16.8 Å². The number of hydrogen-bond acceptors (Lipinski definition) is 5. The monoisotopic (exact) mass is 532 g/mol. The number of likely N-dealkylation sites (tertiary alicyclic amines) is 1. The quantitative estimate of drug-likeness (QED) is 0.336. The first-order valence-corrected chi connectivity index (χ1v) is 10.2. The van der Waals surface area contributed by atoms with E-state index in [1.54, 1.807) is 7.05 Å². The molecule has 0 atom stereocenters. The molecule has 1 aliphatic heterocycles. The van der Waals surface area contributed by atoms with Gasteiger partial charge in [-0.15, -0.1) is 24.0 Å². The number of rotatable bonds is 6. The molecule has 1 aromatic heterocycles. The van der Waals surface area contributed by atoms with Gasteiger partial charge in [-0.25, -0.2) is 0 Å². The molecule has 1 saturated heterocycles.